The van der Waals surface area contributed by atoms with Gasteiger partial charge in [0, 0.05) is 24.2 Å². The number of carbonyl (C=O) groups excluding carboxylic acids is 2. The predicted octanol–water partition coefficient (Wildman–Crippen LogP) is 3.89. The van der Waals surface area contributed by atoms with Crippen LogP contribution < -0.4 is 19.7 Å². The zero-order valence-electron chi connectivity index (χ0n) is 19.7. The number of methoxy groups -OCH3 is 1. The molecule has 10 heteroatoms. The summed E-state index contributed by atoms with van der Waals surface area (Å²) in [6.07, 6.45) is 2.66. The van der Waals surface area contributed by atoms with E-state index in [9.17, 15) is 18.0 Å². The summed E-state index contributed by atoms with van der Waals surface area (Å²) in [6, 6.07) is 13.4. The number of hydrogen-bond acceptors (Lipinski definition) is 6. The van der Waals surface area contributed by atoms with Crippen molar-refractivity contribution < 1.29 is 22.7 Å². The fourth-order valence-electron chi connectivity index (χ4n) is 3.93. The van der Waals surface area contributed by atoms with Gasteiger partial charge in [-0.25, -0.2) is 13.4 Å². The predicted molar refractivity (Wildman–Crippen MR) is 133 cm³/mol. The number of ether oxygens (including phenoxy) is 1. The molecule has 0 saturated carbocycles. The molecule has 1 aliphatic heterocycles. The Morgan fingerprint density at radius 2 is 1.77 bits per heavy atom. The van der Waals surface area contributed by atoms with Crippen molar-refractivity contribution in [2.45, 2.75) is 31.6 Å². The van der Waals surface area contributed by atoms with Gasteiger partial charge < -0.3 is 15.0 Å². The summed E-state index contributed by atoms with van der Waals surface area (Å²) < 4.78 is 34.2. The largest absolute Gasteiger partial charge is 0.480 e. The molecule has 1 aromatic heterocycles. The lowest BCUT2D eigenvalue weighted by atomic mass is 10.1. The van der Waals surface area contributed by atoms with Crippen LogP contribution >= 0.6 is 0 Å². The minimum Gasteiger partial charge on any atom is -0.480 e. The van der Waals surface area contributed by atoms with Crippen LogP contribution in [0.1, 0.15) is 34.3 Å². The summed E-state index contributed by atoms with van der Waals surface area (Å²) in [5, 5.41) is 2.68. The van der Waals surface area contributed by atoms with Crippen LogP contribution in [0, 0.1) is 13.8 Å². The molecule has 0 spiro atoms. The molecule has 0 atom stereocenters. The number of nitrogens with zero attached hydrogens (tertiary/aromatic N) is 2. The monoisotopic (exact) mass is 494 g/mol. The quantitative estimate of drug-likeness (QED) is 0.515. The lowest BCUT2D eigenvalue weighted by Crippen LogP contribution is -2.23. The molecule has 4 rings (SSSR count). The normalized spacial score (nSPS) is 13.6. The van der Waals surface area contributed by atoms with Crippen molar-refractivity contribution in [3.63, 3.8) is 0 Å². The van der Waals surface area contributed by atoms with Gasteiger partial charge >= 0.3 is 0 Å². The molecule has 2 heterocycles. The maximum atomic E-state index is 13.2. The fourth-order valence-corrected chi connectivity index (χ4v) is 5.28. The smallest absolute Gasteiger partial charge is 0.267 e. The van der Waals surface area contributed by atoms with Gasteiger partial charge in [0.15, 0.2) is 4.90 Å². The Morgan fingerprint density at radius 1 is 1.09 bits per heavy atom. The number of pyridine rings is 1. The third-order valence-electron chi connectivity index (χ3n) is 5.79. The Labute approximate surface area is 204 Å². The van der Waals surface area contributed by atoms with Crippen LogP contribution in [-0.4, -0.2) is 38.9 Å². The highest BCUT2D eigenvalue weighted by molar-refractivity contribution is 7.92. The SMILES string of the molecule is COc1ncc(NC(=O)c2ccc(N3CCCC3=O)cc2)cc1S(=O)(=O)Nc1c(C)cccc1C. The van der Waals surface area contributed by atoms with E-state index >= 15 is 0 Å². The van der Waals surface area contributed by atoms with E-state index in [1.807, 2.05) is 32.0 Å². The Balaban J connectivity index is 1.56. The molecule has 2 amide bonds. The van der Waals surface area contributed by atoms with E-state index in [-0.39, 0.29) is 22.4 Å². The third-order valence-corrected chi connectivity index (χ3v) is 7.14. The molecule has 0 unspecified atom stereocenters. The average Bonchev–Trinajstić information content (AvgIpc) is 3.27. The van der Waals surface area contributed by atoms with Crippen molar-refractivity contribution in [1.82, 2.24) is 4.98 Å². The van der Waals surface area contributed by atoms with E-state index in [4.69, 9.17) is 4.74 Å². The molecular formula is C25H26N4O5S. The maximum absolute atomic E-state index is 13.2. The summed E-state index contributed by atoms with van der Waals surface area (Å²) in [6.45, 7) is 4.28. The topological polar surface area (TPSA) is 118 Å². The molecule has 3 aromatic rings. The number of nitrogens with one attached hydrogen (secondary N) is 2. The van der Waals surface area contributed by atoms with Crippen LogP contribution in [0.15, 0.2) is 59.6 Å². The molecule has 2 N–H and O–H groups in total. The number of hydrogen-bond donors (Lipinski definition) is 2. The molecule has 0 bridgehead atoms. The van der Waals surface area contributed by atoms with Crippen LogP contribution in [0.5, 0.6) is 5.88 Å². The van der Waals surface area contributed by atoms with Gasteiger partial charge in [0.25, 0.3) is 15.9 Å². The Kier molecular flexibility index (Phi) is 6.74. The number of carbonyl (C=O) groups is 2. The number of sulfonamides is 1. The number of aryl methyl sites for hydroxylation is 2. The highest BCUT2D eigenvalue weighted by Crippen LogP contribution is 2.29. The Morgan fingerprint density at radius 3 is 2.37 bits per heavy atom. The molecule has 0 aliphatic carbocycles. The number of aromatic nitrogens is 1. The first-order valence-corrected chi connectivity index (χ1v) is 12.5. The summed E-state index contributed by atoms with van der Waals surface area (Å²) in [5.41, 5.74) is 3.29. The molecule has 35 heavy (non-hydrogen) atoms. The van der Waals surface area contributed by atoms with E-state index in [0.717, 1.165) is 23.2 Å². The Hall–Kier alpha value is -3.92. The molecule has 9 nitrogen and oxygen atoms in total. The summed E-state index contributed by atoms with van der Waals surface area (Å²) in [5.74, 6) is -0.474. The van der Waals surface area contributed by atoms with Gasteiger partial charge in [-0.1, -0.05) is 18.2 Å². The number of anilines is 3. The van der Waals surface area contributed by atoms with Crippen LogP contribution in [-0.2, 0) is 14.8 Å². The number of amides is 2. The molecule has 2 aromatic carbocycles. The van der Waals surface area contributed by atoms with Crippen molar-refractivity contribution >= 4 is 38.9 Å². The highest BCUT2D eigenvalue weighted by atomic mass is 32.2. The second-order valence-corrected chi connectivity index (χ2v) is 9.90. The zero-order chi connectivity index (χ0) is 25.2. The summed E-state index contributed by atoms with van der Waals surface area (Å²) >= 11 is 0. The van der Waals surface area contributed by atoms with Crippen molar-refractivity contribution in [3.05, 3.63) is 71.4 Å². The molecule has 1 saturated heterocycles. The van der Waals surface area contributed by atoms with Gasteiger partial charge in [0.2, 0.25) is 11.8 Å². The first kappa shape index (κ1) is 24.2. The first-order valence-electron chi connectivity index (χ1n) is 11.0. The number of para-hydroxylation sites is 1. The second-order valence-electron chi connectivity index (χ2n) is 8.25. The van der Waals surface area contributed by atoms with Crippen molar-refractivity contribution in [1.29, 1.82) is 0 Å². The molecule has 1 aliphatic rings. The van der Waals surface area contributed by atoms with Gasteiger partial charge in [-0.05, 0) is 61.7 Å². The van der Waals surface area contributed by atoms with Crippen molar-refractivity contribution in [3.8, 4) is 5.88 Å². The second kappa shape index (κ2) is 9.75. The minimum absolute atomic E-state index is 0.0646. The van der Waals surface area contributed by atoms with Gasteiger partial charge in [-0.3, -0.25) is 14.3 Å². The van der Waals surface area contributed by atoms with Crippen LogP contribution in [0.3, 0.4) is 0 Å². The first-order chi connectivity index (χ1) is 16.7. The van der Waals surface area contributed by atoms with Crippen molar-refractivity contribution in [2.24, 2.45) is 0 Å². The van der Waals surface area contributed by atoms with Crippen LogP contribution in [0.2, 0.25) is 0 Å². The molecule has 182 valence electrons. The zero-order valence-corrected chi connectivity index (χ0v) is 20.5. The molecule has 1 fully saturated rings. The maximum Gasteiger partial charge on any atom is 0.267 e. The van der Waals surface area contributed by atoms with Crippen LogP contribution in [0.4, 0.5) is 17.1 Å². The van der Waals surface area contributed by atoms with E-state index in [1.165, 1.54) is 19.4 Å². The highest BCUT2D eigenvalue weighted by Gasteiger charge is 2.24. The van der Waals surface area contributed by atoms with Crippen molar-refractivity contribution in [2.75, 3.05) is 28.6 Å². The minimum atomic E-state index is -4.07. The molecule has 0 radical (unpaired) electrons. The van der Waals surface area contributed by atoms with E-state index in [2.05, 4.69) is 15.0 Å². The lowest BCUT2D eigenvalue weighted by Gasteiger charge is -2.16. The third kappa shape index (κ3) is 5.12. The van der Waals surface area contributed by atoms with E-state index in [1.54, 1.807) is 29.2 Å². The average molecular weight is 495 g/mol. The number of rotatable bonds is 7. The fraction of sp³-hybridized carbons (Fsp3) is 0.240. The number of benzene rings is 2. The van der Waals surface area contributed by atoms with Crippen LogP contribution in [0.25, 0.3) is 0 Å². The van der Waals surface area contributed by atoms with E-state index in [0.29, 0.717) is 24.2 Å². The summed E-state index contributed by atoms with van der Waals surface area (Å²) in [7, 11) is -2.75. The Bertz CT molecular complexity index is 1370. The van der Waals surface area contributed by atoms with E-state index < -0.39 is 15.9 Å². The summed E-state index contributed by atoms with van der Waals surface area (Å²) in [4.78, 5) is 30.3. The van der Waals surface area contributed by atoms with Gasteiger partial charge in [0.1, 0.15) is 0 Å². The van der Waals surface area contributed by atoms with Gasteiger partial charge in [0.05, 0.1) is 24.7 Å². The lowest BCUT2D eigenvalue weighted by molar-refractivity contribution is -0.117. The van der Waals surface area contributed by atoms with Gasteiger partial charge in [-0.15, -0.1) is 0 Å². The van der Waals surface area contributed by atoms with Gasteiger partial charge in [-0.2, -0.15) is 0 Å². The standard InChI is InChI=1S/C25H26N4O5S/c1-16-6-4-7-17(2)23(16)28-35(32,33)21-14-19(15-26-25(21)34-3)27-24(31)18-9-11-20(12-10-18)29-13-5-8-22(29)30/h4,6-7,9-12,14-15,28H,5,8,13H2,1-3H3,(H,27,31). The molecular weight excluding hydrogens is 468 g/mol.